The minimum Gasteiger partial charge on any atom is -0.497 e. The molecule has 2 amide bonds. The summed E-state index contributed by atoms with van der Waals surface area (Å²) in [7, 11) is 1.63. The highest BCUT2D eigenvalue weighted by Crippen LogP contribution is 2.28. The van der Waals surface area contributed by atoms with Gasteiger partial charge in [-0.25, -0.2) is 0 Å². The molecule has 1 aliphatic rings. The molecule has 6 nitrogen and oxygen atoms in total. The maximum atomic E-state index is 13.2. The van der Waals surface area contributed by atoms with Crippen LogP contribution in [0.1, 0.15) is 31.8 Å². The fraction of sp³-hybridized carbons (Fsp3) is 0.174. The number of benzene rings is 2. The molecule has 146 valence electrons. The third-order valence-corrected chi connectivity index (χ3v) is 5.01. The third-order valence-electron chi connectivity index (χ3n) is 5.01. The summed E-state index contributed by atoms with van der Waals surface area (Å²) in [5.74, 6) is 0.417. The Morgan fingerprint density at radius 3 is 2.69 bits per heavy atom. The van der Waals surface area contributed by atoms with E-state index in [4.69, 9.17) is 4.74 Å². The molecule has 0 fully saturated rings. The topological polar surface area (TPSA) is 71.5 Å². The molecule has 4 rings (SSSR count). The summed E-state index contributed by atoms with van der Waals surface area (Å²) in [6.45, 7) is 1.14. The number of fused-ring (bicyclic) bond motifs is 1. The van der Waals surface area contributed by atoms with Crippen molar-refractivity contribution in [1.29, 1.82) is 0 Å². The Hall–Kier alpha value is -3.67. The summed E-state index contributed by atoms with van der Waals surface area (Å²) < 4.78 is 5.19. The van der Waals surface area contributed by atoms with E-state index in [1.807, 2.05) is 41.3 Å². The van der Waals surface area contributed by atoms with Gasteiger partial charge in [-0.1, -0.05) is 24.3 Å². The number of pyridine rings is 1. The zero-order valence-corrected chi connectivity index (χ0v) is 16.1. The number of methoxy groups -OCH3 is 1. The molecule has 0 radical (unpaired) electrons. The van der Waals surface area contributed by atoms with Gasteiger partial charge < -0.3 is 15.0 Å². The first-order valence-corrected chi connectivity index (χ1v) is 9.41. The van der Waals surface area contributed by atoms with Gasteiger partial charge in [0.1, 0.15) is 5.75 Å². The smallest absolute Gasteiger partial charge is 0.257 e. The molecule has 0 aliphatic carbocycles. The lowest BCUT2D eigenvalue weighted by Crippen LogP contribution is -2.37. The maximum Gasteiger partial charge on any atom is 0.257 e. The van der Waals surface area contributed by atoms with Gasteiger partial charge in [-0.15, -0.1) is 0 Å². The van der Waals surface area contributed by atoms with Crippen LogP contribution in [0.4, 0.5) is 5.69 Å². The van der Waals surface area contributed by atoms with Crippen LogP contribution < -0.4 is 10.1 Å². The number of anilines is 1. The average molecular weight is 387 g/mol. The van der Waals surface area contributed by atoms with E-state index >= 15 is 0 Å². The molecule has 0 spiro atoms. The van der Waals surface area contributed by atoms with Gasteiger partial charge in [0.2, 0.25) is 0 Å². The molecular formula is C23H21N3O3. The van der Waals surface area contributed by atoms with Crippen molar-refractivity contribution in [2.24, 2.45) is 0 Å². The van der Waals surface area contributed by atoms with Crippen LogP contribution in [0.2, 0.25) is 0 Å². The first-order valence-electron chi connectivity index (χ1n) is 9.41. The van der Waals surface area contributed by atoms with Gasteiger partial charge in [0, 0.05) is 25.5 Å². The van der Waals surface area contributed by atoms with Crippen LogP contribution in [-0.2, 0) is 13.0 Å². The van der Waals surface area contributed by atoms with Crippen molar-refractivity contribution in [1.82, 2.24) is 9.88 Å². The highest BCUT2D eigenvalue weighted by Gasteiger charge is 2.27. The summed E-state index contributed by atoms with van der Waals surface area (Å²) in [5, 5.41) is 2.87. The van der Waals surface area contributed by atoms with Gasteiger partial charge in [-0.05, 0) is 47.9 Å². The average Bonchev–Trinajstić information content (AvgIpc) is 2.77. The number of rotatable bonds is 5. The normalized spacial score (nSPS) is 13.0. The number of aromatic nitrogens is 1. The fourth-order valence-electron chi connectivity index (χ4n) is 3.47. The molecule has 0 saturated carbocycles. The molecule has 2 aromatic carbocycles. The highest BCUT2D eigenvalue weighted by atomic mass is 16.5. The molecule has 0 saturated heterocycles. The van der Waals surface area contributed by atoms with Crippen LogP contribution in [0.15, 0.2) is 67.0 Å². The van der Waals surface area contributed by atoms with E-state index < -0.39 is 0 Å². The van der Waals surface area contributed by atoms with E-state index in [-0.39, 0.29) is 11.8 Å². The SMILES string of the molecule is COc1ccc(CN2CCc3cccc(NC(=O)c4cccnc4)c3C2=O)cc1. The van der Waals surface area contributed by atoms with Gasteiger partial charge in [0.15, 0.2) is 0 Å². The molecular weight excluding hydrogens is 366 g/mol. The number of hydrogen-bond donors (Lipinski definition) is 1. The second-order valence-corrected chi connectivity index (χ2v) is 6.86. The van der Waals surface area contributed by atoms with Crippen molar-refractivity contribution in [3.05, 3.63) is 89.2 Å². The van der Waals surface area contributed by atoms with Crippen molar-refractivity contribution in [2.75, 3.05) is 19.0 Å². The third kappa shape index (κ3) is 3.96. The minimum absolute atomic E-state index is 0.0795. The van der Waals surface area contributed by atoms with Gasteiger partial charge in [0.25, 0.3) is 11.8 Å². The summed E-state index contributed by atoms with van der Waals surface area (Å²) in [5.41, 5.74) is 3.51. The quantitative estimate of drug-likeness (QED) is 0.727. The molecule has 3 aromatic rings. The zero-order valence-electron chi connectivity index (χ0n) is 16.1. The lowest BCUT2D eigenvalue weighted by atomic mass is 9.96. The number of nitrogens with zero attached hydrogens (tertiary/aromatic N) is 2. The summed E-state index contributed by atoms with van der Waals surface area (Å²) in [6.07, 6.45) is 3.86. The van der Waals surface area contributed by atoms with E-state index in [9.17, 15) is 9.59 Å². The number of hydrogen-bond acceptors (Lipinski definition) is 4. The number of nitrogens with one attached hydrogen (secondary N) is 1. The monoisotopic (exact) mass is 387 g/mol. The van der Waals surface area contributed by atoms with Crippen molar-refractivity contribution in [3.63, 3.8) is 0 Å². The second-order valence-electron chi connectivity index (χ2n) is 6.86. The number of carbonyl (C=O) groups excluding carboxylic acids is 2. The van der Waals surface area contributed by atoms with Gasteiger partial charge in [-0.2, -0.15) is 0 Å². The van der Waals surface area contributed by atoms with Gasteiger partial charge in [0.05, 0.1) is 23.9 Å². The maximum absolute atomic E-state index is 13.2. The summed E-state index contributed by atoms with van der Waals surface area (Å²) >= 11 is 0. The molecule has 0 unspecified atom stereocenters. The van der Waals surface area contributed by atoms with E-state index in [0.717, 1.165) is 23.3 Å². The zero-order chi connectivity index (χ0) is 20.2. The van der Waals surface area contributed by atoms with E-state index in [1.165, 1.54) is 6.20 Å². The Balaban J connectivity index is 1.56. The number of amides is 2. The molecule has 0 bridgehead atoms. The van der Waals surface area contributed by atoms with Crippen molar-refractivity contribution >= 4 is 17.5 Å². The van der Waals surface area contributed by atoms with Crippen molar-refractivity contribution < 1.29 is 14.3 Å². The Morgan fingerprint density at radius 2 is 1.97 bits per heavy atom. The first-order chi connectivity index (χ1) is 14.2. The Labute approximate surface area is 169 Å². The van der Waals surface area contributed by atoms with Crippen LogP contribution in [0.5, 0.6) is 5.75 Å². The number of ether oxygens (including phenoxy) is 1. The van der Waals surface area contributed by atoms with Crippen molar-refractivity contribution in [2.45, 2.75) is 13.0 Å². The molecule has 29 heavy (non-hydrogen) atoms. The Bertz CT molecular complexity index is 1030. The summed E-state index contributed by atoms with van der Waals surface area (Å²) in [6, 6.07) is 16.7. The van der Waals surface area contributed by atoms with E-state index in [1.54, 1.807) is 31.5 Å². The predicted molar refractivity (Wildman–Crippen MR) is 110 cm³/mol. The van der Waals surface area contributed by atoms with E-state index in [0.29, 0.717) is 29.9 Å². The lowest BCUT2D eigenvalue weighted by molar-refractivity contribution is 0.0728. The minimum atomic E-state index is -0.286. The Morgan fingerprint density at radius 1 is 1.14 bits per heavy atom. The van der Waals surface area contributed by atoms with Crippen LogP contribution in [0, 0.1) is 0 Å². The molecule has 1 N–H and O–H groups in total. The second kappa shape index (κ2) is 8.14. The summed E-state index contributed by atoms with van der Waals surface area (Å²) in [4.78, 5) is 31.6. The van der Waals surface area contributed by atoms with E-state index in [2.05, 4.69) is 10.3 Å². The van der Waals surface area contributed by atoms with Crippen LogP contribution in [-0.4, -0.2) is 35.4 Å². The largest absolute Gasteiger partial charge is 0.497 e. The van der Waals surface area contributed by atoms with Gasteiger partial charge >= 0.3 is 0 Å². The standard InChI is InChI=1S/C23H21N3O3/c1-29-19-9-7-16(8-10-19)15-26-13-11-17-4-2-6-20(21(17)23(26)28)25-22(27)18-5-3-12-24-14-18/h2-10,12,14H,11,13,15H2,1H3,(H,25,27). The Kier molecular flexibility index (Phi) is 5.24. The molecule has 6 heteroatoms. The predicted octanol–water partition coefficient (Wildman–Crippen LogP) is 3.54. The molecule has 0 atom stereocenters. The van der Waals surface area contributed by atoms with Crippen molar-refractivity contribution in [3.8, 4) is 5.75 Å². The van der Waals surface area contributed by atoms with Crippen LogP contribution in [0.25, 0.3) is 0 Å². The molecule has 2 heterocycles. The van der Waals surface area contributed by atoms with Crippen LogP contribution in [0.3, 0.4) is 0 Å². The lowest BCUT2D eigenvalue weighted by Gasteiger charge is -2.30. The van der Waals surface area contributed by atoms with Gasteiger partial charge in [-0.3, -0.25) is 14.6 Å². The first kappa shape index (κ1) is 18.7. The molecule has 1 aliphatic heterocycles. The molecule has 1 aromatic heterocycles. The van der Waals surface area contributed by atoms with Crippen LogP contribution >= 0.6 is 0 Å². The fourth-order valence-corrected chi connectivity index (χ4v) is 3.47. The number of carbonyl (C=O) groups is 2. The highest BCUT2D eigenvalue weighted by molar-refractivity contribution is 6.09.